The monoisotopic (exact) mass is 283 g/mol. The van der Waals surface area contributed by atoms with Gasteiger partial charge in [-0.25, -0.2) is 4.98 Å². The highest BCUT2D eigenvalue weighted by atomic mass is 16.2. The van der Waals surface area contributed by atoms with Crippen LogP contribution in [0, 0.1) is 0 Å². The number of aromatic nitrogens is 2. The lowest BCUT2D eigenvalue weighted by atomic mass is 9.91. The number of nitrogens with one attached hydrogen (secondary N) is 1. The minimum absolute atomic E-state index is 0.0496. The van der Waals surface area contributed by atoms with Gasteiger partial charge < -0.3 is 9.88 Å². The van der Waals surface area contributed by atoms with Gasteiger partial charge in [0.05, 0.1) is 18.6 Å². The number of H-pyrrole nitrogens is 1. The molecule has 1 aromatic heterocycles. The van der Waals surface area contributed by atoms with Crippen molar-refractivity contribution >= 4 is 5.91 Å². The van der Waals surface area contributed by atoms with Gasteiger partial charge in [0, 0.05) is 6.54 Å². The number of hydrogen-bond acceptors (Lipinski definition) is 2. The number of aromatic amines is 1. The summed E-state index contributed by atoms with van der Waals surface area (Å²) in [7, 11) is 0. The molecule has 0 saturated carbocycles. The zero-order chi connectivity index (χ0) is 14.8. The van der Waals surface area contributed by atoms with Gasteiger partial charge >= 0.3 is 0 Å². The number of hydrogen-bond donors (Lipinski definition) is 1. The number of carbonyl (C=O) groups is 1. The van der Waals surface area contributed by atoms with E-state index in [9.17, 15) is 4.79 Å². The van der Waals surface area contributed by atoms with E-state index in [4.69, 9.17) is 0 Å². The predicted molar refractivity (Wildman–Crippen MR) is 82.1 cm³/mol. The third kappa shape index (κ3) is 2.58. The zero-order valence-corrected chi connectivity index (χ0v) is 12.5. The second-order valence-electron chi connectivity index (χ2n) is 5.91. The molecule has 0 bridgehead atoms. The average Bonchev–Trinajstić information content (AvgIpc) is 3.18. The van der Waals surface area contributed by atoms with E-state index in [1.54, 1.807) is 12.5 Å². The van der Waals surface area contributed by atoms with Crippen molar-refractivity contribution in [3.63, 3.8) is 0 Å². The second-order valence-corrected chi connectivity index (χ2v) is 5.91. The van der Waals surface area contributed by atoms with Crippen LogP contribution in [-0.2, 0) is 0 Å². The summed E-state index contributed by atoms with van der Waals surface area (Å²) in [6.07, 6.45) is 5.24. The fourth-order valence-corrected chi connectivity index (χ4v) is 3.20. The predicted octanol–water partition coefficient (Wildman–Crippen LogP) is 3.51. The number of rotatable bonds is 3. The van der Waals surface area contributed by atoms with Gasteiger partial charge in [0.1, 0.15) is 5.69 Å². The van der Waals surface area contributed by atoms with Crippen LogP contribution in [0.4, 0.5) is 0 Å². The molecule has 1 amide bonds. The van der Waals surface area contributed by atoms with Crippen molar-refractivity contribution in [3.05, 3.63) is 53.6 Å². The molecule has 21 heavy (non-hydrogen) atoms. The molecule has 0 radical (unpaired) electrons. The Kier molecular flexibility index (Phi) is 3.78. The van der Waals surface area contributed by atoms with Crippen LogP contribution in [0.5, 0.6) is 0 Å². The average molecular weight is 283 g/mol. The standard InChI is InChI=1S/C17H21N3O/c1-12(2)13-6-3-4-7-14(13)16-8-5-9-20(16)17(21)15-10-18-11-19-15/h3-4,6-7,10-12,16H,5,8-9H2,1-2H3,(H,18,19)/t16-/m0/s1. The molecule has 110 valence electrons. The Hall–Kier alpha value is -2.10. The highest BCUT2D eigenvalue weighted by Gasteiger charge is 2.32. The molecule has 1 aromatic carbocycles. The Morgan fingerprint density at radius 2 is 2.19 bits per heavy atom. The number of likely N-dealkylation sites (tertiary alicyclic amines) is 1. The summed E-state index contributed by atoms with van der Waals surface area (Å²) in [6, 6.07) is 8.67. The van der Waals surface area contributed by atoms with Crippen molar-refractivity contribution in [3.8, 4) is 0 Å². The summed E-state index contributed by atoms with van der Waals surface area (Å²) < 4.78 is 0. The Morgan fingerprint density at radius 3 is 2.90 bits per heavy atom. The van der Waals surface area contributed by atoms with Gasteiger partial charge in [0.15, 0.2) is 0 Å². The van der Waals surface area contributed by atoms with E-state index in [0.29, 0.717) is 11.6 Å². The van der Waals surface area contributed by atoms with Crippen molar-refractivity contribution in [1.82, 2.24) is 14.9 Å². The van der Waals surface area contributed by atoms with Crippen molar-refractivity contribution < 1.29 is 4.79 Å². The topological polar surface area (TPSA) is 49.0 Å². The van der Waals surface area contributed by atoms with Crippen molar-refractivity contribution in [2.75, 3.05) is 6.54 Å². The highest BCUT2D eigenvalue weighted by molar-refractivity contribution is 5.92. The van der Waals surface area contributed by atoms with Crippen LogP contribution in [0.25, 0.3) is 0 Å². The minimum atomic E-state index is 0.0496. The van der Waals surface area contributed by atoms with E-state index < -0.39 is 0 Å². The molecule has 1 N–H and O–H groups in total. The number of carbonyl (C=O) groups excluding carboxylic acids is 1. The van der Waals surface area contributed by atoms with E-state index >= 15 is 0 Å². The van der Waals surface area contributed by atoms with E-state index in [0.717, 1.165) is 19.4 Å². The van der Waals surface area contributed by atoms with Crippen LogP contribution >= 0.6 is 0 Å². The molecule has 0 spiro atoms. The fourth-order valence-electron chi connectivity index (χ4n) is 3.20. The Bertz CT molecular complexity index is 619. The summed E-state index contributed by atoms with van der Waals surface area (Å²) in [5.41, 5.74) is 3.20. The Morgan fingerprint density at radius 1 is 1.38 bits per heavy atom. The zero-order valence-electron chi connectivity index (χ0n) is 12.5. The summed E-state index contributed by atoms with van der Waals surface area (Å²) in [4.78, 5) is 21.5. The van der Waals surface area contributed by atoms with E-state index in [2.05, 4.69) is 48.1 Å². The van der Waals surface area contributed by atoms with Gasteiger partial charge in [0.25, 0.3) is 5.91 Å². The van der Waals surface area contributed by atoms with Gasteiger partial charge in [-0.1, -0.05) is 38.1 Å². The molecule has 1 fully saturated rings. The maximum atomic E-state index is 12.6. The molecular weight excluding hydrogens is 262 g/mol. The number of amides is 1. The highest BCUT2D eigenvalue weighted by Crippen LogP contribution is 2.36. The van der Waals surface area contributed by atoms with Crippen LogP contribution in [-0.4, -0.2) is 27.3 Å². The number of imidazole rings is 1. The van der Waals surface area contributed by atoms with Gasteiger partial charge in [-0.15, -0.1) is 0 Å². The third-order valence-electron chi connectivity index (χ3n) is 4.22. The summed E-state index contributed by atoms with van der Waals surface area (Å²) >= 11 is 0. The van der Waals surface area contributed by atoms with Crippen molar-refractivity contribution in [1.29, 1.82) is 0 Å². The summed E-state index contributed by atoms with van der Waals surface area (Å²) in [5, 5.41) is 0. The van der Waals surface area contributed by atoms with Crippen molar-refractivity contribution in [2.45, 2.75) is 38.6 Å². The largest absolute Gasteiger partial charge is 0.341 e. The molecule has 1 atom stereocenters. The lowest BCUT2D eigenvalue weighted by molar-refractivity contribution is 0.0729. The maximum absolute atomic E-state index is 12.6. The number of benzene rings is 1. The normalized spacial score (nSPS) is 18.4. The lowest BCUT2D eigenvalue weighted by Crippen LogP contribution is -2.31. The molecule has 0 unspecified atom stereocenters. The molecule has 1 aliphatic rings. The summed E-state index contributed by atoms with van der Waals surface area (Å²) in [5.74, 6) is 0.513. The van der Waals surface area contributed by atoms with Gasteiger partial charge in [-0.05, 0) is 29.9 Å². The van der Waals surface area contributed by atoms with Crippen molar-refractivity contribution in [2.24, 2.45) is 0 Å². The Balaban J connectivity index is 1.93. The fraction of sp³-hybridized carbons (Fsp3) is 0.412. The van der Waals surface area contributed by atoms with Crippen LogP contribution in [0.15, 0.2) is 36.8 Å². The molecule has 4 nitrogen and oxygen atoms in total. The molecule has 2 aromatic rings. The van der Waals surface area contributed by atoms with Crippen LogP contribution in [0.2, 0.25) is 0 Å². The second kappa shape index (κ2) is 5.72. The minimum Gasteiger partial charge on any atom is -0.341 e. The molecule has 1 aliphatic heterocycles. The molecule has 1 saturated heterocycles. The molecule has 3 rings (SSSR count). The Labute approximate surface area is 125 Å². The smallest absolute Gasteiger partial charge is 0.272 e. The first-order chi connectivity index (χ1) is 10.2. The first kappa shape index (κ1) is 13.9. The molecular formula is C17H21N3O. The van der Waals surface area contributed by atoms with Gasteiger partial charge in [0.2, 0.25) is 0 Å². The van der Waals surface area contributed by atoms with Gasteiger partial charge in [-0.3, -0.25) is 4.79 Å². The van der Waals surface area contributed by atoms with E-state index in [1.165, 1.54) is 11.1 Å². The first-order valence-electron chi connectivity index (χ1n) is 7.56. The van der Waals surface area contributed by atoms with Crippen LogP contribution in [0.1, 0.15) is 60.3 Å². The van der Waals surface area contributed by atoms with E-state index in [1.807, 2.05) is 4.90 Å². The first-order valence-corrected chi connectivity index (χ1v) is 7.56. The quantitative estimate of drug-likeness (QED) is 0.937. The third-order valence-corrected chi connectivity index (χ3v) is 4.22. The van der Waals surface area contributed by atoms with E-state index in [-0.39, 0.29) is 11.9 Å². The summed E-state index contributed by atoms with van der Waals surface area (Å²) in [6.45, 7) is 5.22. The lowest BCUT2D eigenvalue weighted by Gasteiger charge is -2.27. The SMILES string of the molecule is CC(C)c1ccccc1[C@@H]1CCCN1C(=O)c1cnc[nH]1. The molecule has 2 heterocycles. The molecule has 4 heteroatoms. The number of nitrogens with zero attached hydrogens (tertiary/aromatic N) is 2. The molecule has 0 aliphatic carbocycles. The van der Waals surface area contributed by atoms with Crippen LogP contribution < -0.4 is 0 Å². The van der Waals surface area contributed by atoms with Crippen LogP contribution in [0.3, 0.4) is 0 Å². The van der Waals surface area contributed by atoms with Gasteiger partial charge in [-0.2, -0.15) is 0 Å². The maximum Gasteiger partial charge on any atom is 0.272 e.